The highest BCUT2D eigenvalue weighted by Gasteiger charge is 2.05. The van der Waals surface area contributed by atoms with E-state index in [-0.39, 0.29) is 0 Å². The number of benzene rings is 2. The fraction of sp³-hybridized carbons (Fsp3) is 0. The van der Waals surface area contributed by atoms with Crippen LogP contribution in [0.15, 0.2) is 36.4 Å². The summed E-state index contributed by atoms with van der Waals surface area (Å²) in [5.74, 6) is 0. The SMILES string of the molecule is Ic1ccc2c(c1)sc1ccc(I)cc12. The summed E-state index contributed by atoms with van der Waals surface area (Å²) in [5, 5.41) is 2.77. The summed E-state index contributed by atoms with van der Waals surface area (Å²) in [5.41, 5.74) is 0. The average molecular weight is 436 g/mol. The van der Waals surface area contributed by atoms with Crippen LogP contribution in [0.1, 0.15) is 0 Å². The van der Waals surface area contributed by atoms with Gasteiger partial charge in [-0.1, -0.05) is 6.07 Å². The summed E-state index contributed by atoms with van der Waals surface area (Å²) in [6, 6.07) is 13.3. The molecule has 3 aromatic rings. The molecule has 0 radical (unpaired) electrons. The molecule has 0 saturated carbocycles. The minimum atomic E-state index is 1.30. The first-order valence-electron chi connectivity index (χ1n) is 4.51. The minimum Gasteiger partial charge on any atom is -0.135 e. The first-order valence-corrected chi connectivity index (χ1v) is 7.49. The van der Waals surface area contributed by atoms with Gasteiger partial charge in [0.25, 0.3) is 0 Å². The Hall–Kier alpha value is 0.120. The lowest BCUT2D eigenvalue weighted by Gasteiger charge is -1.93. The van der Waals surface area contributed by atoms with E-state index < -0.39 is 0 Å². The van der Waals surface area contributed by atoms with Crippen LogP contribution in [0.2, 0.25) is 0 Å². The Bertz CT molecular complexity index is 655. The maximum absolute atomic E-state index is 2.37. The molecule has 0 bridgehead atoms. The van der Waals surface area contributed by atoms with Crippen LogP contribution in [0.5, 0.6) is 0 Å². The lowest BCUT2D eigenvalue weighted by atomic mass is 10.2. The van der Waals surface area contributed by atoms with Crippen molar-refractivity contribution in [3.05, 3.63) is 43.5 Å². The first kappa shape index (κ1) is 10.3. The summed E-state index contributed by atoms with van der Waals surface area (Å²) >= 11 is 6.61. The summed E-state index contributed by atoms with van der Waals surface area (Å²) in [6.45, 7) is 0. The molecule has 0 spiro atoms. The summed E-state index contributed by atoms with van der Waals surface area (Å²) in [4.78, 5) is 0. The van der Waals surface area contributed by atoms with E-state index in [4.69, 9.17) is 0 Å². The van der Waals surface area contributed by atoms with Crippen LogP contribution in [-0.4, -0.2) is 0 Å². The summed E-state index contributed by atoms with van der Waals surface area (Å²) in [6.07, 6.45) is 0. The molecule has 0 atom stereocenters. The largest absolute Gasteiger partial charge is 0.135 e. The molecular weight excluding hydrogens is 430 g/mol. The van der Waals surface area contributed by atoms with E-state index in [9.17, 15) is 0 Å². The lowest BCUT2D eigenvalue weighted by molar-refractivity contribution is 1.75. The van der Waals surface area contributed by atoms with E-state index in [2.05, 4.69) is 81.6 Å². The van der Waals surface area contributed by atoms with Gasteiger partial charge in [-0.25, -0.2) is 0 Å². The Morgan fingerprint density at radius 1 is 0.733 bits per heavy atom. The average Bonchev–Trinajstić information content (AvgIpc) is 2.54. The topological polar surface area (TPSA) is 0 Å². The fourth-order valence-electron chi connectivity index (χ4n) is 1.72. The molecule has 0 N–H and O–H groups in total. The Morgan fingerprint density at radius 2 is 1.47 bits per heavy atom. The van der Waals surface area contributed by atoms with E-state index in [0.717, 1.165) is 0 Å². The predicted molar refractivity (Wildman–Crippen MR) is 84.8 cm³/mol. The van der Waals surface area contributed by atoms with Gasteiger partial charge >= 0.3 is 0 Å². The van der Waals surface area contributed by atoms with Crippen molar-refractivity contribution in [1.82, 2.24) is 0 Å². The lowest BCUT2D eigenvalue weighted by Crippen LogP contribution is -1.70. The van der Waals surface area contributed by atoms with Gasteiger partial charge in [0.1, 0.15) is 0 Å². The Labute approximate surface area is 119 Å². The quantitative estimate of drug-likeness (QED) is 0.422. The van der Waals surface area contributed by atoms with E-state index in [0.29, 0.717) is 0 Å². The number of halogens is 2. The summed E-state index contributed by atoms with van der Waals surface area (Å²) in [7, 11) is 0. The van der Waals surface area contributed by atoms with Crippen LogP contribution < -0.4 is 0 Å². The van der Waals surface area contributed by atoms with Crippen molar-refractivity contribution in [3.8, 4) is 0 Å². The van der Waals surface area contributed by atoms with Crippen LogP contribution in [-0.2, 0) is 0 Å². The third kappa shape index (κ3) is 1.78. The van der Waals surface area contributed by atoms with Gasteiger partial charge in [0.2, 0.25) is 0 Å². The molecular formula is C12H6I2S. The molecule has 0 aliphatic rings. The molecule has 0 amide bonds. The predicted octanol–water partition coefficient (Wildman–Crippen LogP) is 5.26. The molecule has 0 unspecified atom stereocenters. The molecule has 15 heavy (non-hydrogen) atoms. The van der Waals surface area contributed by atoms with Crippen molar-refractivity contribution < 1.29 is 0 Å². The molecule has 74 valence electrons. The Kier molecular flexibility index (Phi) is 2.64. The van der Waals surface area contributed by atoms with E-state index >= 15 is 0 Å². The zero-order valence-electron chi connectivity index (χ0n) is 7.63. The van der Waals surface area contributed by atoms with Gasteiger partial charge < -0.3 is 0 Å². The van der Waals surface area contributed by atoms with Gasteiger partial charge in [0, 0.05) is 27.3 Å². The second-order valence-corrected chi connectivity index (χ2v) is 6.96. The fourth-order valence-corrected chi connectivity index (χ4v) is 4.04. The van der Waals surface area contributed by atoms with Crippen molar-refractivity contribution in [1.29, 1.82) is 0 Å². The second-order valence-electron chi connectivity index (χ2n) is 3.38. The van der Waals surface area contributed by atoms with Crippen LogP contribution in [0.3, 0.4) is 0 Å². The van der Waals surface area contributed by atoms with Crippen LogP contribution in [0, 0.1) is 7.14 Å². The molecule has 1 heterocycles. The van der Waals surface area contributed by atoms with E-state index in [1.165, 1.54) is 27.3 Å². The molecule has 3 heteroatoms. The van der Waals surface area contributed by atoms with Gasteiger partial charge in [-0.3, -0.25) is 0 Å². The van der Waals surface area contributed by atoms with Crippen molar-refractivity contribution in [2.75, 3.05) is 0 Å². The highest BCUT2D eigenvalue weighted by molar-refractivity contribution is 14.1. The van der Waals surface area contributed by atoms with Crippen LogP contribution in [0.25, 0.3) is 20.2 Å². The van der Waals surface area contributed by atoms with Crippen molar-refractivity contribution in [3.63, 3.8) is 0 Å². The van der Waals surface area contributed by atoms with Crippen LogP contribution >= 0.6 is 56.5 Å². The zero-order chi connectivity index (χ0) is 10.4. The van der Waals surface area contributed by atoms with Crippen LogP contribution in [0.4, 0.5) is 0 Å². The summed E-state index contributed by atoms with van der Waals surface area (Å²) < 4.78 is 5.38. The van der Waals surface area contributed by atoms with Gasteiger partial charge in [-0.2, -0.15) is 0 Å². The van der Waals surface area contributed by atoms with E-state index in [1.807, 2.05) is 11.3 Å². The smallest absolute Gasteiger partial charge is 0.0365 e. The molecule has 2 aromatic carbocycles. The van der Waals surface area contributed by atoms with Crippen molar-refractivity contribution in [2.45, 2.75) is 0 Å². The number of hydrogen-bond donors (Lipinski definition) is 0. The monoisotopic (exact) mass is 436 g/mol. The van der Waals surface area contributed by atoms with Gasteiger partial charge in [0.05, 0.1) is 0 Å². The maximum atomic E-state index is 2.37. The third-order valence-corrected chi connectivity index (χ3v) is 4.87. The third-order valence-electron chi connectivity index (χ3n) is 2.40. The molecule has 0 nitrogen and oxygen atoms in total. The Balaban J connectivity index is 2.53. The standard InChI is InChI=1S/C12H6I2S/c13-7-2-4-11-10(5-7)9-3-1-8(14)6-12(9)15-11/h1-6H. The molecule has 0 fully saturated rings. The second kappa shape index (κ2) is 3.85. The van der Waals surface area contributed by atoms with E-state index in [1.54, 1.807) is 0 Å². The molecule has 3 rings (SSSR count). The zero-order valence-corrected chi connectivity index (χ0v) is 12.8. The number of thiophene rings is 1. The number of hydrogen-bond acceptors (Lipinski definition) is 1. The highest BCUT2D eigenvalue weighted by Crippen LogP contribution is 2.35. The van der Waals surface area contributed by atoms with Crippen molar-refractivity contribution in [2.24, 2.45) is 0 Å². The highest BCUT2D eigenvalue weighted by atomic mass is 127. The number of rotatable bonds is 0. The molecule has 0 aliphatic carbocycles. The Morgan fingerprint density at radius 3 is 2.33 bits per heavy atom. The minimum absolute atomic E-state index is 1.30. The first-order chi connectivity index (χ1) is 7.24. The maximum Gasteiger partial charge on any atom is 0.0365 e. The molecule has 0 saturated heterocycles. The molecule has 1 aromatic heterocycles. The van der Waals surface area contributed by atoms with Crippen molar-refractivity contribution >= 4 is 76.7 Å². The van der Waals surface area contributed by atoms with Gasteiger partial charge in [0.15, 0.2) is 0 Å². The molecule has 0 aliphatic heterocycles. The number of fused-ring (bicyclic) bond motifs is 3. The van der Waals surface area contributed by atoms with Gasteiger partial charge in [-0.05, 0) is 75.5 Å². The van der Waals surface area contributed by atoms with Gasteiger partial charge in [-0.15, -0.1) is 11.3 Å². The normalized spacial score (nSPS) is 11.3.